The van der Waals surface area contributed by atoms with E-state index in [1.807, 2.05) is 42.5 Å². The molecular weight excluding hydrogens is 298 g/mol. The number of nitrogens with zero attached hydrogens (tertiary/aromatic N) is 1. The van der Waals surface area contributed by atoms with Crippen molar-refractivity contribution in [1.82, 2.24) is 5.32 Å². The third kappa shape index (κ3) is 1.99. The standard InChI is InChI=1S/C17H16ClN3O/c18-11-6-4-10(5-7-11)16-20-17(22)13-3-1-2-12-14(19)8-9-21(16)15(12)13/h1-7,14,16H,8-9,19H2,(H,20,22)/t14-,16-/m0/s1. The second-order valence-electron chi connectivity index (χ2n) is 5.76. The van der Waals surface area contributed by atoms with E-state index >= 15 is 0 Å². The van der Waals surface area contributed by atoms with Gasteiger partial charge in [-0.3, -0.25) is 4.79 Å². The van der Waals surface area contributed by atoms with E-state index in [9.17, 15) is 4.79 Å². The molecule has 1 amide bonds. The maximum Gasteiger partial charge on any atom is 0.255 e. The van der Waals surface area contributed by atoms with Crippen molar-refractivity contribution in [2.75, 3.05) is 11.4 Å². The van der Waals surface area contributed by atoms with Crippen molar-refractivity contribution in [3.05, 3.63) is 64.2 Å². The molecule has 2 atom stereocenters. The molecule has 0 radical (unpaired) electrons. The SMILES string of the molecule is N[C@H]1CCN2c3c(cccc31)C(=O)N[C@@H]2c1ccc(Cl)cc1. The van der Waals surface area contributed by atoms with Gasteiger partial charge in [-0.15, -0.1) is 0 Å². The zero-order chi connectivity index (χ0) is 15.3. The molecule has 0 saturated heterocycles. The molecule has 5 heteroatoms. The third-order valence-corrected chi connectivity index (χ3v) is 4.70. The molecule has 0 spiro atoms. The summed E-state index contributed by atoms with van der Waals surface area (Å²) in [4.78, 5) is 14.7. The first-order valence-corrected chi connectivity index (χ1v) is 7.74. The zero-order valence-corrected chi connectivity index (χ0v) is 12.7. The van der Waals surface area contributed by atoms with Gasteiger partial charge in [-0.25, -0.2) is 0 Å². The van der Waals surface area contributed by atoms with Gasteiger partial charge in [0, 0.05) is 17.6 Å². The van der Waals surface area contributed by atoms with E-state index in [1.54, 1.807) is 0 Å². The Balaban J connectivity index is 1.85. The lowest BCUT2D eigenvalue weighted by Gasteiger charge is -2.44. The van der Waals surface area contributed by atoms with E-state index < -0.39 is 0 Å². The Hall–Kier alpha value is -2.04. The Bertz CT molecular complexity index is 744. The van der Waals surface area contributed by atoms with Crippen LogP contribution in [-0.4, -0.2) is 12.5 Å². The molecule has 2 aliphatic rings. The van der Waals surface area contributed by atoms with Crippen LogP contribution in [0.2, 0.25) is 5.02 Å². The Morgan fingerprint density at radius 1 is 1.18 bits per heavy atom. The first-order chi connectivity index (χ1) is 10.6. The lowest BCUT2D eigenvalue weighted by molar-refractivity contribution is 0.0925. The summed E-state index contributed by atoms with van der Waals surface area (Å²) in [7, 11) is 0. The summed E-state index contributed by atoms with van der Waals surface area (Å²) >= 11 is 5.97. The third-order valence-electron chi connectivity index (χ3n) is 4.44. The first kappa shape index (κ1) is 13.6. The van der Waals surface area contributed by atoms with Crippen molar-refractivity contribution < 1.29 is 4.79 Å². The molecule has 0 bridgehead atoms. The highest BCUT2D eigenvalue weighted by atomic mass is 35.5. The van der Waals surface area contributed by atoms with Gasteiger partial charge in [0.05, 0.1) is 11.3 Å². The van der Waals surface area contributed by atoms with E-state index in [2.05, 4.69) is 10.2 Å². The number of nitrogens with one attached hydrogen (secondary N) is 1. The number of nitrogens with two attached hydrogens (primary N) is 1. The minimum atomic E-state index is -0.175. The van der Waals surface area contributed by atoms with E-state index in [0.717, 1.165) is 29.8 Å². The molecule has 0 saturated carbocycles. The van der Waals surface area contributed by atoms with Gasteiger partial charge in [-0.05, 0) is 35.7 Å². The fourth-order valence-electron chi connectivity index (χ4n) is 3.36. The van der Waals surface area contributed by atoms with Crippen LogP contribution in [0.25, 0.3) is 0 Å². The normalized spacial score (nSPS) is 23.0. The highest BCUT2D eigenvalue weighted by molar-refractivity contribution is 6.30. The van der Waals surface area contributed by atoms with Gasteiger partial charge >= 0.3 is 0 Å². The number of anilines is 1. The topological polar surface area (TPSA) is 58.4 Å². The van der Waals surface area contributed by atoms with E-state index in [0.29, 0.717) is 10.6 Å². The van der Waals surface area contributed by atoms with Crippen LogP contribution in [0.5, 0.6) is 0 Å². The van der Waals surface area contributed by atoms with Crippen molar-refractivity contribution in [2.45, 2.75) is 18.6 Å². The second-order valence-corrected chi connectivity index (χ2v) is 6.20. The predicted molar refractivity (Wildman–Crippen MR) is 87.0 cm³/mol. The molecule has 2 heterocycles. The summed E-state index contributed by atoms with van der Waals surface area (Å²) in [5.74, 6) is -0.0536. The summed E-state index contributed by atoms with van der Waals surface area (Å²) in [6, 6.07) is 13.4. The minimum Gasteiger partial charge on any atom is -0.346 e. The smallest absolute Gasteiger partial charge is 0.255 e. The van der Waals surface area contributed by atoms with Crippen LogP contribution >= 0.6 is 11.6 Å². The van der Waals surface area contributed by atoms with E-state index in [4.69, 9.17) is 17.3 Å². The molecule has 4 nitrogen and oxygen atoms in total. The fourth-order valence-corrected chi connectivity index (χ4v) is 3.48. The Morgan fingerprint density at radius 3 is 2.73 bits per heavy atom. The van der Waals surface area contributed by atoms with Crippen LogP contribution < -0.4 is 16.0 Å². The molecule has 22 heavy (non-hydrogen) atoms. The van der Waals surface area contributed by atoms with Gasteiger partial charge < -0.3 is 16.0 Å². The van der Waals surface area contributed by atoms with E-state index in [1.165, 1.54) is 0 Å². The number of hydrogen-bond donors (Lipinski definition) is 2. The minimum absolute atomic E-state index is 0.0111. The van der Waals surface area contributed by atoms with Gasteiger partial charge in [0.25, 0.3) is 5.91 Å². The monoisotopic (exact) mass is 313 g/mol. The number of hydrogen-bond acceptors (Lipinski definition) is 3. The molecule has 0 fully saturated rings. The first-order valence-electron chi connectivity index (χ1n) is 7.36. The van der Waals surface area contributed by atoms with Gasteiger partial charge in [0.1, 0.15) is 6.17 Å². The van der Waals surface area contributed by atoms with Crippen LogP contribution in [0, 0.1) is 0 Å². The predicted octanol–water partition coefficient (Wildman–Crippen LogP) is 2.99. The summed E-state index contributed by atoms with van der Waals surface area (Å²) in [6.45, 7) is 0.818. The maximum atomic E-state index is 12.5. The fraction of sp³-hybridized carbons (Fsp3) is 0.235. The molecule has 2 aromatic rings. The van der Waals surface area contributed by atoms with Crippen molar-refractivity contribution in [2.24, 2.45) is 5.73 Å². The molecule has 2 aromatic carbocycles. The van der Waals surface area contributed by atoms with Crippen LogP contribution in [0.4, 0.5) is 5.69 Å². The van der Waals surface area contributed by atoms with Crippen molar-refractivity contribution in [3.8, 4) is 0 Å². The van der Waals surface area contributed by atoms with Crippen molar-refractivity contribution in [1.29, 1.82) is 0 Å². The highest BCUT2D eigenvalue weighted by Gasteiger charge is 2.36. The zero-order valence-electron chi connectivity index (χ0n) is 11.9. The van der Waals surface area contributed by atoms with Crippen LogP contribution in [0.1, 0.15) is 40.1 Å². The molecule has 0 unspecified atom stereocenters. The summed E-state index contributed by atoms with van der Waals surface area (Å²) < 4.78 is 0. The average Bonchev–Trinajstić information content (AvgIpc) is 2.53. The molecule has 0 aromatic heterocycles. The van der Waals surface area contributed by atoms with Crippen LogP contribution in [-0.2, 0) is 0 Å². The Morgan fingerprint density at radius 2 is 1.95 bits per heavy atom. The molecule has 4 rings (SSSR count). The van der Waals surface area contributed by atoms with Gasteiger partial charge in [-0.1, -0.05) is 35.9 Å². The largest absolute Gasteiger partial charge is 0.346 e. The average molecular weight is 314 g/mol. The number of carbonyl (C=O) groups is 1. The number of benzene rings is 2. The quantitative estimate of drug-likeness (QED) is 0.851. The number of carbonyl (C=O) groups excluding carboxylic acids is 1. The Kier molecular flexibility index (Phi) is 3.10. The van der Waals surface area contributed by atoms with E-state index in [-0.39, 0.29) is 18.1 Å². The molecular formula is C17H16ClN3O. The lowest BCUT2D eigenvalue weighted by atomic mass is 9.90. The van der Waals surface area contributed by atoms with Gasteiger partial charge in [0.15, 0.2) is 0 Å². The molecule has 112 valence electrons. The van der Waals surface area contributed by atoms with Crippen LogP contribution in [0.15, 0.2) is 42.5 Å². The van der Waals surface area contributed by atoms with Gasteiger partial charge in [-0.2, -0.15) is 0 Å². The summed E-state index contributed by atoms with van der Waals surface area (Å²) in [6.07, 6.45) is 0.696. The number of rotatable bonds is 1. The Labute approximate surface area is 133 Å². The van der Waals surface area contributed by atoms with Crippen LogP contribution in [0.3, 0.4) is 0 Å². The van der Waals surface area contributed by atoms with Crippen molar-refractivity contribution >= 4 is 23.2 Å². The number of para-hydroxylation sites is 1. The molecule has 0 aliphatic carbocycles. The lowest BCUT2D eigenvalue weighted by Crippen LogP contribution is -2.49. The highest BCUT2D eigenvalue weighted by Crippen LogP contribution is 2.42. The summed E-state index contributed by atoms with van der Waals surface area (Å²) in [5.41, 5.74) is 9.99. The van der Waals surface area contributed by atoms with Crippen molar-refractivity contribution in [3.63, 3.8) is 0 Å². The number of amides is 1. The van der Waals surface area contributed by atoms with Gasteiger partial charge in [0.2, 0.25) is 0 Å². The molecule has 2 aliphatic heterocycles. The maximum absolute atomic E-state index is 12.5. The molecule has 3 N–H and O–H groups in total. The summed E-state index contributed by atoms with van der Waals surface area (Å²) in [5, 5.41) is 3.78. The second kappa shape index (κ2) is 5.00. The number of halogens is 1.